The third-order valence-corrected chi connectivity index (χ3v) is 3.19. The summed E-state index contributed by atoms with van der Waals surface area (Å²) >= 11 is 20.3. The number of thiol groups is 5. The van der Waals surface area contributed by atoms with Gasteiger partial charge in [-0.2, -0.15) is 29.7 Å². The van der Waals surface area contributed by atoms with Crippen LogP contribution in [-0.2, 0) is 0 Å². The highest BCUT2D eigenvalue weighted by Gasteiger charge is 2.08. The molecule has 0 radical (unpaired) electrons. The predicted octanol–water partition coefficient (Wildman–Crippen LogP) is 2.89. The molecular weight excluding hydrogens is 310 g/mol. The lowest BCUT2D eigenvalue weighted by molar-refractivity contribution is 0.241. The molecule has 0 spiro atoms. The lowest BCUT2D eigenvalue weighted by atomic mass is 10.2. The normalized spacial score (nSPS) is 16.3. The van der Waals surface area contributed by atoms with Crippen LogP contribution in [0.2, 0.25) is 0 Å². The summed E-state index contributed by atoms with van der Waals surface area (Å²) in [6.07, 6.45) is 6.93. The SMILES string of the molecule is SC1=CN(S)NN(S)C1.SCCCCCCS. The van der Waals surface area contributed by atoms with Crippen LogP contribution in [0.25, 0.3) is 0 Å². The number of unbranched alkanes of at least 4 members (excludes halogenated alkanes) is 3. The molecule has 1 heterocycles. The van der Waals surface area contributed by atoms with E-state index in [2.05, 4.69) is 69.1 Å². The van der Waals surface area contributed by atoms with E-state index in [0.29, 0.717) is 6.54 Å². The summed E-state index contributed by atoms with van der Waals surface area (Å²) in [5.74, 6) is 2.07. The minimum Gasteiger partial charge on any atom is -0.245 e. The fourth-order valence-electron chi connectivity index (χ4n) is 1.10. The molecule has 0 amide bonds. The van der Waals surface area contributed by atoms with Gasteiger partial charge in [-0.15, -0.1) is 18.2 Å². The fourth-order valence-corrected chi connectivity index (χ4v) is 2.57. The maximum Gasteiger partial charge on any atom is 0.0583 e. The van der Waals surface area contributed by atoms with Gasteiger partial charge in [0.15, 0.2) is 0 Å². The Kier molecular flexibility index (Phi) is 13.1. The van der Waals surface area contributed by atoms with Gasteiger partial charge in [0.25, 0.3) is 0 Å². The molecule has 0 fully saturated rings. The van der Waals surface area contributed by atoms with Gasteiger partial charge < -0.3 is 0 Å². The highest BCUT2D eigenvalue weighted by molar-refractivity contribution is 7.84. The van der Waals surface area contributed by atoms with E-state index >= 15 is 0 Å². The summed E-state index contributed by atoms with van der Waals surface area (Å²) in [5, 5.41) is 0. The monoisotopic (exact) mass is 331 g/mol. The molecule has 0 aromatic carbocycles. The fraction of sp³-hybridized carbons (Fsp3) is 0.778. The van der Waals surface area contributed by atoms with Gasteiger partial charge in [-0.1, -0.05) is 25.7 Å². The Morgan fingerprint density at radius 2 is 1.59 bits per heavy atom. The van der Waals surface area contributed by atoms with Gasteiger partial charge in [-0.05, 0) is 37.2 Å². The molecule has 0 unspecified atom stereocenters. The molecule has 0 atom stereocenters. The average molecular weight is 332 g/mol. The Hall–Kier alpha value is 1.21. The number of nitrogens with zero attached hydrogens (tertiary/aromatic N) is 2. The predicted molar refractivity (Wildman–Crippen MR) is 92.9 cm³/mol. The quantitative estimate of drug-likeness (QED) is 0.344. The summed E-state index contributed by atoms with van der Waals surface area (Å²) in [4.78, 5) is 0.916. The summed E-state index contributed by atoms with van der Waals surface area (Å²) in [6.45, 7) is 0.684. The van der Waals surface area contributed by atoms with Gasteiger partial charge in [-0.25, -0.2) is 4.41 Å². The van der Waals surface area contributed by atoms with Crippen molar-refractivity contribution in [3.63, 3.8) is 0 Å². The van der Waals surface area contributed by atoms with Crippen molar-refractivity contribution in [3.05, 3.63) is 11.1 Å². The van der Waals surface area contributed by atoms with E-state index in [9.17, 15) is 0 Å². The van der Waals surface area contributed by atoms with Crippen molar-refractivity contribution in [3.8, 4) is 0 Å². The second-order valence-corrected chi connectivity index (χ2v) is 5.87. The van der Waals surface area contributed by atoms with Crippen LogP contribution in [0, 0.1) is 0 Å². The number of hydrogen-bond donors (Lipinski definition) is 6. The maximum absolute atomic E-state index is 4.12. The van der Waals surface area contributed by atoms with Gasteiger partial charge in [0.2, 0.25) is 0 Å². The smallest absolute Gasteiger partial charge is 0.0583 e. The third kappa shape index (κ3) is 12.0. The van der Waals surface area contributed by atoms with Crippen molar-refractivity contribution in [2.45, 2.75) is 25.7 Å². The van der Waals surface area contributed by atoms with E-state index in [0.717, 1.165) is 16.4 Å². The molecular formula is C9H21N3S5. The van der Waals surface area contributed by atoms with Crippen LogP contribution in [0.5, 0.6) is 0 Å². The van der Waals surface area contributed by atoms with Crippen LogP contribution in [0.15, 0.2) is 11.1 Å². The Balaban J connectivity index is 0.000000304. The number of hydrazine groups is 2. The minimum atomic E-state index is 0.684. The van der Waals surface area contributed by atoms with Gasteiger partial charge >= 0.3 is 0 Å². The highest BCUT2D eigenvalue weighted by Crippen LogP contribution is 2.11. The maximum atomic E-state index is 4.12. The minimum absolute atomic E-state index is 0.684. The van der Waals surface area contributed by atoms with Gasteiger partial charge in [0, 0.05) is 11.1 Å². The first-order valence-corrected chi connectivity index (χ1v) is 7.93. The second kappa shape index (κ2) is 12.3. The van der Waals surface area contributed by atoms with Crippen molar-refractivity contribution < 1.29 is 0 Å². The van der Waals surface area contributed by atoms with Crippen molar-refractivity contribution in [1.29, 1.82) is 0 Å². The molecule has 8 heteroatoms. The zero-order chi connectivity index (χ0) is 13.1. The molecule has 0 aromatic heterocycles. The van der Waals surface area contributed by atoms with E-state index in [4.69, 9.17) is 0 Å². The van der Waals surface area contributed by atoms with Crippen molar-refractivity contribution in [1.82, 2.24) is 14.4 Å². The van der Waals surface area contributed by atoms with Gasteiger partial charge in [-0.3, -0.25) is 0 Å². The molecule has 0 aromatic rings. The lowest BCUT2D eigenvalue weighted by Gasteiger charge is -2.27. The van der Waals surface area contributed by atoms with E-state index in [1.54, 1.807) is 10.6 Å². The number of hydrogen-bond acceptors (Lipinski definition) is 8. The van der Waals surface area contributed by atoms with Crippen LogP contribution < -0.4 is 5.53 Å². The summed E-state index contributed by atoms with van der Waals surface area (Å²) in [6, 6.07) is 0. The van der Waals surface area contributed by atoms with Crippen LogP contribution in [0.4, 0.5) is 0 Å². The van der Waals surface area contributed by atoms with Crippen LogP contribution in [-0.4, -0.2) is 26.9 Å². The highest BCUT2D eigenvalue weighted by atomic mass is 32.1. The van der Waals surface area contributed by atoms with Crippen LogP contribution in [0.1, 0.15) is 25.7 Å². The second-order valence-electron chi connectivity index (χ2n) is 3.48. The average Bonchev–Trinajstić information content (AvgIpc) is 2.23. The molecule has 102 valence electrons. The molecule has 0 saturated carbocycles. The molecule has 1 aliphatic rings. The molecule has 1 rings (SSSR count). The van der Waals surface area contributed by atoms with Crippen molar-refractivity contribution >= 4 is 63.5 Å². The van der Waals surface area contributed by atoms with Crippen LogP contribution >= 0.6 is 63.5 Å². The van der Waals surface area contributed by atoms with Crippen molar-refractivity contribution in [2.24, 2.45) is 0 Å². The van der Waals surface area contributed by atoms with E-state index < -0.39 is 0 Å². The van der Waals surface area contributed by atoms with Crippen LogP contribution in [0.3, 0.4) is 0 Å². The largest absolute Gasteiger partial charge is 0.245 e. The number of rotatable bonds is 5. The molecule has 17 heavy (non-hydrogen) atoms. The number of nitrogens with one attached hydrogen (secondary N) is 1. The Labute approximate surface area is 132 Å². The summed E-state index contributed by atoms with van der Waals surface area (Å²) < 4.78 is 3.06. The Morgan fingerprint density at radius 3 is 1.94 bits per heavy atom. The topological polar surface area (TPSA) is 18.5 Å². The zero-order valence-corrected chi connectivity index (χ0v) is 14.1. The van der Waals surface area contributed by atoms with E-state index in [-0.39, 0.29) is 0 Å². The molecule has 0 saturated heterocycles. The van der Waals surface area contributed by atoms with E-state index in [1.807, 2.05) is 0 Å². The summed E-state index contributed by atoms with van der Waals surface area (Å²) in [7, 11) is 0. The Bertz CT molecular complexity index is 209. The van der Waals surface area contributed by atoms with Crippen molar-refractivity contribution in [2.75, 3.05) is 18.1 Å². The zero-order valence-electron chi connectivity index (χ0n) is 9.66. The Morgan fingerprint density at radius 1 is 1.06 bits per heavy atom. The molecule has 1 aliphatic heterocycles. The lowest BCUT2D eigenvalue weighted by Crippen LogP contribution is -2.41. The molecule has 0 bridgehead atoms. The van der Waals surface area contributed by atoms with Gasteiger partial charge in [0.1, 0.15) is 0 Å². The summed E-state index contributed by atoms with van der Waals surface area (Å²) in [5.41, 5.74) is 2.78. The third-order valence-electron chi connectivity index (χ3n) is 1.87. The first kappa shape index (κ1) is 18.2. The first-order chi connectivity index (χ1) is 8.10. The molecule has 1 N–H and O–H groups in total. The molecule has 0 aliphatic carbocycles. The van der Waals surface area contributed by atoms with Gasteiger partial charge in [0.05, 0.1) is 6.54 Å². The first-order valence-electron chi connectivity index (χ1n) is 5.42. The van der Waals surface area contributed by atoms with E-state index in [1.165, 1.54) is 30.1 Å². The molecule has 3 nitrogen and oxygen atoms in total. The standard InChI is InChI=1S/C6H14S2.C3H7N3S3/c7-5-3-1-2-4-6-8;7-3-1-5(8)4-6(9)2-3/h7-8H,1-6H2;1,4,7-9H,2H2.